The van der Waals surface area contributed by atoms with E-state index in [1.807, 2.05) is 18.5 Å². The second-order valence-electron chi connectivity index (χ2n) is 5.23. The van der Waals surface area contributed by atoms with E-state index in [4.69, 9.17) is 5.73 Å². The molecule has 0 saturated carbocycles. The van der Waals surface area contributed by atoms with Crippen LogP contribution in [0.3, 0.4) is 0 Å². The molecule has 0 bridgehead atoms. The first kappa shape index (κ1) is 13.3. The molecule has 5 heteroatoms. The molecule has 1 atom stereocenters. The second-order valence-corrected chi connectivity index (χ2v) is 5.23. The smallest absolute Gasteiger partial charge is 0.127 e. The van der Waals surface area contributed by atoms with Crippen LogP contribution in [0.1, 0.15) is 23.9 Å². The van der Waals surface area contributed by atoms with Crippen molar-refractivity contribution in [2.75, 3.05) is 13.1 Å². The van der Waals surface area contributed by atoms with Crippen LogP contribution in [-0.2, 0) is 13.1 Å². The maximum atomic E-state index is 13.7. The number of hydrogen-bond donors (Lipinski definition) is 1. The van der Waals surface area contributed by atoms with Crippen molar-refractivity contribution < 1.29 is 4.39 Å². The third kappa shape index (κ3) is 2.73. The molecule has 2 heterocycles. The molecule has 1 unspecified atom stereocenters. The maximum Gasteiger partial charge on any atom is 0.127 e. The van der Waals surface area contributed by atoms with Crippen molar-refractivity contribution in [3.8, 4) is 0 Å². The molecule has 1 aromatic carbocycles. The molecule has 1 aliphatic rings. The lowest BCUT2D eigenvalue weighted by Crippen LogP contribution is -2.35. The number of aromatic nitrogens is 2. The zero-order chi connectivity index (χ0) is 13.9. The van der Waals surface area contributed by atoms with E-state index in [0.717, 1.165) is 38.4 Å². The van der Waals surface area contributed by atoms with Gasteiger partial charge in [-0.25, -0.2) is 9.37 Å². The molecule has 1 aromatic heterocycles. The van der Waals surface area contributed by atoms with E-state index in [-0.39, 0.29) is 11.9 Å². The van der Waals surface area contributed by atoms with Gasteiger partial charge in [0.05, 0.1) is 6.54 Å². The largest absolute Gasteiger partial charge is 0.333 e. The number of rotatable bonds is 4. The summed E-state index contributed by atoms with van der Waals surface area (Å²) in [7, 11) is 0. The number of nitrogens with two attached hydrogens (primary N) is 1. The lowest BCUT2D eigenvalue weighted by Gasteiger charge is -2.28. The molecular formula is C15H19FN4. The first-order chi connectivity index (χ1) is 9.74. The van der Waals surface area contributed by atoms with Gasteiger partial charge in [0.15, 0.2) is 0 Å². The lowest BCUT2D eigenvalue weighted by molar-refractivity contribution is 0.209. The van der Waals surface area contributed by atoms with Crippen LogP contribution in [0.15, 0.2) is 36.7 Å². The fourth-order valence-electron chi connectivity index (χ4n) is 2.67. The van der Waals surface area contributed by atoms with Crippen LogP contribution in [0.2, 0.25) is 0 Å². The summed E-state index contributed by atoms with van der Waals surface area (Å²) in [5.74, 6) is 0.880. The molecule has 0 saturated heterocycles. The zero-order valence-electron chi connectivity index (χ0n) is 11.4. The molecule has 1 aliphatic heterocycles. The van der Waals surface area contributed by atoms with E-state index in [1.165, 1.54) is 6.07 Å². The van der Waals surface area contributed by atoms with Gasteiger partial charge in [-0.05, 0) is 12.5 Å². The van der Waals surface area contributed by atoms with Crippen molar-refractivity contribution in [1.29, 1.82) is 0 Å². The number of nitrogens with zero attached hydrogens (tertiary/aromatic N) is 3. The average Bonchev–Trinajstić information content (AvgIpc) is 2.92. The highest BCUT2D eigenvalue weighted by Crippen LogP contribution is 2.19. The Labute approximate surface area is 118 Å². The maximum absolute atomic E-state index is 13.7. The Hall–Kier alpha value is -1.72. The van der Waals surface area contributed by atoms with Crippen molar-refractivity contribution in [2.24, 2.45) is 5.73 Å². The topological polar surface area (TPSA) is 47.1 Å². The molecule has 0 spiro atoms. The normalized spacial score (nSPS) is 16.9. The van der Waals surface area contributed by atoms with E-state index >= 15 is 0 Å². The minimum atomic E-state index is -0.252. The molecule has 0 radical (unpaired) electrons. The summed E-state index contributed by atoms with van der Waals surface area (Å²) in [5.41, 5.74) is 6.70. The van der Waals surface area contributed by atoms with Crippen LogP contribution in [0, 0.1) is 5.82 Å². The Morgan fingerprint density at radius 3 is 3.00 bits per heavy atom. The van der Waals surface area contributed by atoms with Gasteiger partial charge < -0.3 is 10.3 Å². The number of fused-ring (bicyclic) bond motifs is 1. The molecule has 2 N–H and O–H groups in total. The average molecular weight is 274 g/mol. The Bertz CT molecular complexity index is 581. The third-order valence-electron chi connectivity index (χ3n) is 3.88. The summed E-state index contributed by atoms with van der Waals surface area (Å²) in [6, 6.07) is 6.50. The summed E-state index contributed by atoms with van der Waals surface area (Å²) in [5, 5.41) is 0. The van der Waals surface area contributed by atoms with Crippen molar-refractivity contribution in [3.63, 3.8) is 0 Å². The van der Waals surface area contributed by atoms with Gasteiger partial charge in [0.1, 0.15) is 11.6 Å². The van der Waals surface area contributed by atoms with Crippen molar-refractivity contribution in [1.82, 2.24) is 14.5 Å². The van der Waals surface area contributed by atoms with Crippen LogP contribution < -0.4 is 5.73 Å². The van der Waals surface area contributed by atoms with E-state index in [2.05, 4.69) is 14.5 Å². The van der Waals surface area contributed by atoms with Crippen LogP contribution in [-0.4, -0.2) is 27.5 Å². The predicted molar refractivity (Wildman–Crippen MR) is 75.4 cm³/mol. The van der Waals surface area contributed by atoms with Gasteiger partial charge in [0.25, 0.3) is 0 Å². The highest BCUT2D eigenvalue weighted by atomic mass is 19.1. The Kier molecular flexibility index (Phi) is 3.80. The first-order valence-electron chi connectivity index (χ1n) is 6.96. The van der Waals surface area contributed by atoms with E-state index in [1.54, 1.807) is 12.1 Å². The molecule has 2 aromatic rings. The number of benzene rings is 1. The van der Waals surface area contributed by atoms with Gasteiger partial charge in [0, 0.05) is 43.6 Å². The van der Waals surface area contributed by atoms with Crippen molar-refractivity contribution in [2.45, 2.75) is 25.6 Å². The Morgan fingerprint density at radius 2 is 2.15 bits per heavy atom. The molecule has 106 valence electrons. The van der Waals surface area contributed by atoms with Gasteiger partial charge in [-0.1, -0.05) is 18.2 Å². The number of halogens is 1. The van der Waals surface area contributed by atoms with E-state index < -0.39 is 0 Å². The van der Waals surface area contributed by atoms with E-state index in [0.29, 0.717) is 5.56 Å². The van der Waals surface area contributed by atoms with Gasteiger partial charge >= 0.3 is 0 Å². The molecule has 4 nitrogen and oxygen atoms in total. The van der Waals surface area contributed by atoms with Gasteiger partial charge in [-0.15, -0.1) is 0 Å². The summed E-state index contributed by atoms with van der Waals surface area (Å²) in [6.45, 7) is 3.66. The quantitative estimate of drug-likeness (QED) is 0.926. The molecular weight excluding hydrogens is 255 g/mol. The summed E-state index contributed by atoms with van der Waals surface area (Å²) >= 11 is 0. The minimum absolute atomic E-state index is 0.214. The fourth-order valence-corrected chi connectivity index (χ4v) is 2.67. The second kappa shape index (κ2) is 5.73. The summed E-state index contributed by atoms with van der Waals surface area (Å²) in [6.07, 6.45) is 4.60. The SMILES string of the molecule is NC(CCN1CCn2ccnc2C1)c1ccccc1F. The Morgan fingerprint density at radius 1 is 1.30 bits per heavy atom. The summed E-state index contributed by atoms with van der Waals surface area (Å²) < 4.78 is 15.8. The molecule has 0 amide bonds. The van der Waals surface area contributed by atoms with Crippen LogP contribution >= 0.6 is 0 Å². The van der Waals surface area contributed by atoms with Gasteiger partial charge in [0.2, 0.25) is 0 Å². The van der Waals surface area contributed by atoms with E-state index in [9.17, 15) is 4.39 Å². The highest BCUT2D eigenvalue weighted by Gasteiger charge is 2.18. The standard InChI is InChI=1S/C15H19FN4/c16-13-4-2-1-3-12(13)14(17)5-7-19-9-10-20-8-6-18-15(20)11-19/h1-4,6,8,14H,5,7,9-11,17H2. The predicted octanol–water partition coefficient (Wildman–Crippen LogP) is 1.93. The third-order valence-corrected chi connectivity index (χ3v) is 3.88. The van der Waals surface area contributed by atoms with Crippen LogP contribution in [0.5, 0.6) is 0 Å². The monoisotopic (exact) mass is 274 g/mol. The van der Waals surface area contributed by atoms with Gasteiger partial charge in [-0.3, -0.25) is 4.90 Å². The van der Waals surface area contributed by atoms with Crippen LogP contribution in [0.4, 0.5) is 4.39 Å². The van der Waals surface area contributed by atoms with Gasteiger partial charge in [-0.2, -0.15) is 0 Å². The molecule has 0 aliphatic carbocycles. The minimum Gasteiger partial charge on any atom is -0.333 e. The highest BCUT2D eigenvalue weighted by molar-refractivity contribution is 5.20. The molecule has 3 rings (SSSR count). The number of imidazole rings is 1. The first-order valence-corrected chi connectivity index (χ1v) is 6.96. The van der Waals surface area contributed by atoms with Crippen molar-refractivity contribution >= 4 is 0 Å². The molecule has 20 heavy (non-hydrogen) atoms. The van der Waals surface area contributed by atoms with Crippen molar-refractivity contribution in [3.05, 3.63) is 53.9 Å². The van der Waals surface area contributed by atoms with Crippen LogP contribution in [0.25, 0.3) is 0 Å². The summed E-state index contributed by atoms with van der Waals surface area (Å²) in [4.78, 5) is 6.66. The lowest BCUT2D eigenvalue weighted by atomic mass is 10.0. The Balaban J connectivity index is 1.57. The fraction of sp³-hybridized carbons (Fsp3) is 0.400. The molecule has 0 fully saturated rings. The number of hydrogen-bond acceptors (Lipinski definition) is 3. The zero-order valence-corrected chi connectivity index (χ0v) is 11.4.